The van der Waals surface area contributed by atoms with Gasteiger partial charge in [-0.25, -0.2) is 0 Å². The van der Waals surface area contributed by atoms with E-state index >= 15 is 0 Å². The van der Waals surface area contributed by atoms with Crippen LogP contribution in [0.1, 0.15) is 13.3 Å². The SMILES string of the molecule is COC(=O)CCN(C)S(=O)(=O)N1CCSCC1C. The Morgan fingerprint density at radius 3 is 2.78 bits per heavy atom. The average Bonchev–Trinajstić information content (AvgIpc) is 2.35. The Balaban J connectivity index is 2.64. The molecular weight excluding hydrogens is 276 g/mol. The van der Waals surface area contributed by atoms with Crippen molar-refractivity contribution in [3.8, 4) is 0 Å². The van der Waals surface area contributed by atoms with Gasteiger partial charge in [-0.05, 0) is 6.92 Å². The van der Waals surface area contributed by atoms with E-state index in [0.29, 0.717) is 6.54 Å². The Labute approximate surface area is 113 Å². The number of hydrogen-bond donors (Lipinski definition) is 0. The van der Waals surface area contributed by atoms with Gasteiger partial charge in [-0.2, -0.15) is 28.8 Å². The normalized spacial score (nSPS) is 22.1. The van der Waals surface area contributed by atoms with Gasteiger partial charge in [0.05, 0.1) is 13.5 Å². The standard InChI is InChI=1S/C10H20N2O4S2/c1-9-8-17-7-6-12(9)18(14,15)11(2)5-4-10(13)16-3/h9H,4-8H2,1-3H3. The third-order valence-corrected chi connectivity index (χ3v) is 6.15. The summed E-state index contributed by atoms with van der Waals surface area (Å²) < 4.78 is 31.8. The molecule has 1 unspecified atom stereocenters. The fourth-order valence-electron chi connectivity index (χ4n) is 1.70. The Morgan fingerprint density at radius 2 is 2.22 bits per heavy atom. The van der Waals surface area contributed by atoms with Crippen molar-refractivity contribution < 1.29 is 17.9 Å². The number of ether oxygens (including phenoxy) is 1. The lowest BCUT2D eigenvalue weighted by molar-refractivity contribution is -0.140. The van der Waals surface area contributed by atoms with Crippen molar-refractivity contribution in [2.45, 2.75) is 19.4 Å². The van der Waals surface area contributed by atoms with Crippen LogP contribution in [0.15, 0.2) is 0 Å². The lowest BCUT2D eigenvalue weighted by Crippen LogP contribution is -2.50. The minimum atomic E-state index is -3.47. The molecule has 1 rings (SSSR count). The second kappa shape index (κ2) is 6.74. The zero-order chi connectivity index (χ0) is 13.8. The van der Waals surface area contributed by atoms with Crippen molar-refractivity contribution in [2.75, 3.05) is 38.8 Å². The summed E-state index contributed by atoms with van der Waals surface area (Å²) in [5.41, 5.74) is 0. The summed E-state index contributed by atoms with van der Waals surface area (Å²) in [4.78, 5) is 11.0. The minimum absolute atomic E-state index is 0.00525. The first-order chi connectivity index (χ1) is 8.39. The summed E-state index contributed by atoms with van der Waals surface area (Å²) >= 11 is 1.76. The van der Waals surface area contributed by atoms with Gasteiger partial charge < -0.3 is 4.74 Å². The molecule has 0 aliphatic carbocycles. The molecule has 1 atom stereocenters. The summed E-state index contributed by atoms with van der Waals surface area (Å²) in [5.74, 6) is 1.22. The number of thioether (sulfide) groups is 1. The molecule has 0 aromatic heterocycles. The van der Waals surface area contributed by atoms with Crippen LogP contribution in [0.2, 0.25) is 0 Å². The number of rotatable bonds is 5. The third-order valence-electron chi connectivity index (χ3n) is 2.86. The van der Waals surface area contributed by atoms with Crippen LogP contribution >= 0.6 is 11.8 Å². The predicted octanol–water partition coefficient (Wildman–Crippen LogP) is 0.163. The highest BCUT2D eigenvalue weighted by Gasteiger charge is 2.32. The van der Waals surface area contributed by atoms with E-state index in [1.165, 1.54) is 22.8 Å². The number of nitrogens with zero attached hydrogens (tertiary/aromatic N) is 2. The monoisotopic (exact) mass is 296 g/mol. The molecule has 106 valence electrons. The van der Waals surface area contributed by atoms with Crippen LogP contribution in [-0.2, 0) is 19.7 Å². The first kappa shape index (κ1) is 15.7. The van der Waals surface area contributed by atoms with Crippen LogP contribution in [-0.4, -0.2) is 67.8 Å². The van der Waals surface area contributed by atoms with Crippen molar-refractivity contribution in [3.05, 3.63) is 0 Å². The Bertz CT molecular complexity index is 385. The molecule has 1 aliphatic rings. The smallest absolute Gasteiger partial charge is 0.306 e. The van der Waals surface area contributed by atoms with E-state index in [2.05, 4.69) is 4.74 Å². The first-order valence-corrected chi connectivity index (χ1v) is 8.32. The molecule has 18 heavy (non-hydrogen) atoms. The molecule has 0 amide bonds. The minimum Gasteiger partial charge on any atom is -0.469 e. The molecule has 0 bridgehead atoms. The lowest BCUT2D eigenvalue weighted by Gasteiger charge is -2.34. The van der Waals surface area contributed by atoms with Gasteiger partial charge in [0.1, 0.15) is 0 Å². The highest BCUT2D eigenvalue weighted by Crippen LogP contribution is 2.20. The number of carbonyl (C=O) groups excluding carboxylic acids is 1. The van der Waals surface area contributed by atoms with Gasteiger partial charge in [0.25, 0.3) is 10.2 Å². The van der Waals surface area contributed by atoms with Gasteiger partial charge in [-0.3, -0.25) is 4.79 Å². The van der Waals surface area contributed by atoms with E-state index in [9.17, 15) is 13.2 Å². The van der Waals surface area contributed by atoms with Crippen molar-refractivity contribution in [1.82, 2.24) is 8.61 Å². The fraction of sp³-hybridized carbons (Fsp3) is 0.900. The maximum absolute atomic E-state index is 12.3. The van der Waals surface area contributed by atoms with E-state index in [0.717, 1.165) is 11.5 Å². The first-order valence-electron chi connectivity index (χ1n) is 5.77. The highest BCUT2D eigenvalue weighted by atomic mass is 32.2. The number of hydrogen-bond acceptors (Lipinski definition) is 5. The number of methoxy groups -OCH3 is 1. The largest absolute Gasteiger partial charge is 0.469 e. The molecule has 0 N–H and O–H groups in total. The van der Waals surface area contributed by atoms with Crippen LogP contribution in [0.5, 0.6) is 0 Å². The van der Waals surface area contributed by atoms with Crippen molar-refractivity contribution in [3.63, 3.8) is 0 Å². The zero-order valence-corrected chi connectivity index (χ0v) is 12.6. The summed E-state index contributed by atoms with van der Waals surface area (Å²) in [6.07, 6.45) is 0.0726. The van der Waals surface area contributed by atoms with E-state index in [1.54, 1.807) is 11.8 Å². The molecule has 0 radical (unpaired) electrons. The Hall–Kier alpha value is -0.310. The van der Waals surface area contributed by atoms with Gasteiger partial charge in [-0.1, -0.05) is 0 Å². The molecule has 6 nitrogen and oxygen atoms in total. The number of esters is 1. The molecule has 0 aromatic carbocycles. The molecule has 0 saturated carbocycles. The van der Waals surface area contributed by atoms with Crippen molar-refractivity contribution >= 4 is 27.9 Å². The Kier molecular flexibility index (Phi) is 5.90. The second-order valence-corrected chi connectivity index (χ2v) is 7.33. The molecule has 1 saturated heterocycles. The molecule has 0 aromatic rings. The van der Waals surface area contributed by atoms with Gasteiger partial charge in [0, 0.05) is 37.7 Å². The third kappa shape index (κ3) is 3.84. The van der Waals surface area contributed by atoms with Crippen molar-refractivity contribution in [1.29, 1.82) is 0 Å². The van der Waals surface area contributed by atoms with Gasteiger partial charge in [0.15, 0.2) is 0 Å². The summed E-state index contributed by atoms with van der Waals surface area (Å²) in [7, 11) is -0.684. The maximum atomic E-state index is 12.3. The zero-order valence-electron chi connectivity index (χ0n) is 11.0. The number of carbonyl (C=O) groups is 1. The van der Waals surface area contributed by atoms with E-state index in [1.807, 2.05) is 6.92 Å². The molecule has 1 heterocycles. The van der Waals surface area contributed by atoms with Gasteiger partial charge in [0.2, 0.25) is 0 Å². The quantitative estimate of drug-likeness (QED) is 0.676. The molecule has 0 spiro atoms. The maximum Gasteiger partial charge on any atom is 0.306 e. The van der Waals surface area contributed by atoms with E-state index in [-0.39, 0.29) is 19.0 Å². The topological polar surface area (TPSA) is 66.9 Å². The average molecular weight is 296 g/mol. The molecule has 8 heteroatoms. The van der Waals surface area contributed by atoms with Crippen LogP contribution < -0.4 is 0 Å². The molecular formula is C10H20N2O4S2. The van der Waals surface area contributed by atoms with Gasteiger partial charge >= 0.3 is 5.97 Å². The van der Waals surface area contributed by atoms with Crippen LogP contribution in [0, 0.1) is 0 Å². The van der Waals surface area contributed by atoms with Crippen molar-refractivity contribution in [2.24, 2.45) is 0 Å². The molecule has 1 aliphatic heterocycles. The predicted molar refractivity (Wildman–Crippen MR) is 71.7 cm³/mol. The summed E-state index contributed by atoms with van der Waals surface area (Å²) in [5, 5.41) is 0. The van der Waals surface area contributed by atoms with Gasteiger partial charge in [-0.15, -0.1) is 0 Å². The summed E-state index contributed by atoms with van der Waals surface area (Å²) in [6.45, 7) is 2.57. The fourth-order valence-corrected chi connectivity index (χ4v) is 4.45. The lowest BCUT2D eigenvalue weighted by atomic mass is 10.4. The second-order valence-electron chi connectivity index (χ2n) is 4.19. The summed E-state index contributed by atoms with van der Waals surface area (Å²) in [6, 6.07) is -0.00525. The van der Waals surface area contributed by atoms with Crippen LogP contribution in [0.4, 0.5) is 0 Å². The van der Waals surface area contributed by atoms with E-state index in [4.69, 9.17) is 0 Å². The highest BCUT2D eigenvalue weighted by molar-refractivity contribution is 7.99. The Morgan fingerprint density at radius 1 is 1.56 bits per heavy atom. The molecule has 1 fully saturated rings. The van der Waals surface area contributed by atoms with Crippen LogP contribution in [0.3, 0.4) is 0 Å². The van der Waals surface area contributed by atoms with Crippen LogP contribution in [0.25, 0.3) is 0 Å². The van der Waals surface area contributed by atoms with E-state index < -0.39 is 16.2 Å².